The molecule has 1 unspecified atom stereocenters. The predicted octanol–water partition coefficient (Wildman–Crippen LogP) is 8.88. The molecule has 3 heteroatoms. The van der Waals surface area contributed by atoms with Gasteiger partial charge in [-0.25, -0.2) is 8.78 Å². The molecule has 1 atom stereocenters. The van der Waals surface area contributed by atoms with Gasteiger partial charge >= 0.3 is 0 Å². The molecule has 0 radical (unpaired) electrons. The summed E-state index contributed by atoms with van der Waals surface area (Å²) in [5.41, 5.74) is 10.8. The molecule has 0 bridgehead atoms. The standard InChI is InChI=1S/C32H31F2N/c1-19(2)13-23-17-29-25(22-11-12-32(33,34)18-22)9-6-10-26(29)31(35-23)30-15-20(3)14-27-24-8-5-4-7-21(24)16-28(27)30/h4-10,14-15,17,19,22H,11-13,16,18H2,1-3H3. The van der Waals surface area contributed by atoms with Crippen LogP contribution >= 0.6 is 0 Å². The lowest BCUT2D eigenvalue weighted by Crippen LogP contribution is -2.09. The van der Waals surface area contributed by atoms with Crippen molar-refractivity contribution in [3.8, 4) is 22.4 Å². The summed E-state index contributed by atoms with van der Waals surface area (Å²) in [6, 6.07) is 21.6. The van der Waals surface area contributed by atoms with Crippen LogP contribution in [-0.2, 0) is 12.8 Å². The lowest BCUT2D eigenvalue weighted by Gasteiger charge is -2.19. The van der Waals surface area contributed by atoms with Gasteiger partial charge in [0, 0.05) is 29.5 Å². The van der Waals surface area contributed by atoms with Gasteiger partial charge in [0.25, 0.3) is 0 Å². The molecular weight excluding hydrogens is 436 g/mol. The van der Waals surface area contributed by atoms with E-state index >= 15 is 0 Å². The summed E-state index contributed by atoms with van der Waals surface area (Å²) in [4.78, 5) is 5.24. The molecule has 0 saturated heterocycles. The zero-order valence-corrected chi connectivity index (χ0v) is 20.7. The van der Waals surface area contributed by atoms with Crippen LogP contribution in [0.5, 0.6) is 0 Å². The molecule has 0 N–H and O–H groups in total. The number of pyridine rings is 1. The molecule has 1 fully saturated rings. The highest BCUT2D eigenvalue weighted by Crippen LogP contribution is 2.48. The fourth-order valence-electron chi connectivity index (χ4n) is 6.24. The third kappa shape index (κ3) is 3.95. The zero-order valence-electron chi connectivity index (χ0n) is 20.7. The minimum absolute atomic E-state index is 0.0194. The Balaban J connectivity index is 1.59. The second kappa shape index (κ2) is 8.26. The Bertz CT molecular complexity index is 1450. The third-order valence-electron chi connectivity index (χ3n) is 7.75. The largest absolute Gasteiger partial charge is 0.252 e. The highest BCUT2D eigenvalue weighted by Gasteiger charge is 2.40. The Morgan fingerprint density at radius 3 is 2.51 bits per heavy atom. The lowest BCUT2D eigenvalue weighted by atomic mass is 9.88. The van der Waals surface area contributed by atoms with Crippen LogP contribution in [0.15, 0.2) is 60.7 Å². The first-order valence-electron chi connectivity index (χ1n) is 12.8. The fraction of sp³-hybridized carbons (Fsp3) is 0.344. The predicted molar refractivity (Wildman–Crippen MR) is 140 cm³/mol. The monoisotopic (exact) mass is 467 g/mol. The maximum absolute atomic E-state index is 14.2. The molecule has 2 aliphatic carbocycles. The van der Waals surface area contributed by atoms with Crippen molar-refractivity contribution in [3.63, 3.8) is 0 Å². The van der Waals surface area contributed by atoms with E-state index < -0.39 is 5.92 Å². The molecule has 1 nitrogen and oxygen atoms in total. The van der Waals surface area contributed by atoms with Crippen LogP contribution in [0.2, 0.25) is 0 Å². The van der Waals surface area contributed by atoms with E-state index in [1.807, 2.05) is 6.07 Å². The molecule has 6 rings (SSSR count). The van der Waals surface area contributed by atoms with Crippen molar-refractivity contribution in [3.05, 3.63) is 88.6 Å². The van der Waals surface area contributed by atoms with Gasteiger partial charge in [-0.15, -0.1) is 0 Å². The first kappa shape index (κ1) is 22.4. The highest BCUT2D eigenvalue weighted by atomic mass is 19.3. The molecule has 1 heterocycles. The summed E-state index contributed by atoms with van der Waals surface area (Å²) in [5.74, 6) is -2.21. The zero-order chi connectivity index (χ0) is 24.3. The molecule has 0 spiro atoms. The first-order valence-corrected chi connectivity index (χ1v) is 12.8. The van der Waals surface area contributed by atoms with Gasteiger partial charge in [0.2, 0.25) is 5.92 Å². The van der Waals surface area contributed by atoms with E-state index in [-0.39, 0.29) is 18.8 Å². The maximum atomic E-state index is 14.2. The van der Waals surface area contributed by atoms with E-state index in [1.165, 1.54) is 33.4 Å². The van der Waals surface area contributed by atoms with E-state index in [0.29, 0.717) is 12.3 Å². The summed E-state index contributed by atoms with van der Waals surface area (Å²) in [5, 5.41) is 2.18. The second-order valence-corrected chi connectivity index (χ2v) is 11.0. The smallest absolute Gasteiger partial charge is 0.248 e. The van der Waals surface area contributed by atoms with Crippen molar-refractivity contribution < 1.29 is 8.78 Å². The van der Waals surface area contributed by atoms with Crippen molar-refractivity contribution in [1.82, 2.24) is 4.98 Å². The van der Waals surface area contributed by atoms with Crippen LogP contribution in [0.4, 0.5) is 8.78 Å². The number of fused-ring (bicyclic) bond motifs is 4. The van der Waals surface area contributed by atoms with Crippen LogP contribution in [0, 0.1) is 12.8 Å². The minimum Gasteiger partial charge on any atom is -0.252 e. The van der Waals surface area contributed by atoms with Crippen LogP contribution < -0.4 is 0 Å². The molecular formula is C32H31F2N. The summed E-state index contributed by atoms with van der Waals surface area (Å²) < 4.78 is 28.4. The quantitative estimate of drug-likeness (QED) is 0.257. The van der Waals surface area contributed by atoms with Crippen molar-refractivity contribution in [2.75, 3.05) is 0 Å². The number of hydrogen-bond donors (Lipinski definition) is 0. The van der Waals surface area contributed by atoms with Crippen LogP contribution in [0.3, 0.4) is 0 Å². The van der Waals surface area contributed by atoms with Crippen LogP contribution in [0.1, 0.15) is 67.0 Å². The molecule has 0 amide bonds. The molecule has 1 aromatic heterocycles. The topological polar surface area (TPSA) is 12.9 Å². The number of alkyl halides is 2. The Morgan fingerprint density at radius 2 is 1.74 bits per heavy atom. The Morgan fingerprint density at radius 1 is 0.943 bits per heavy atom. The average Bonchev–Trinajstić information content (AvgIpc) is 3.37. The molecule has 35 heavy (non-hydrogen) atoms. The fourth-order valence-corrected chi connectivity index (χ4v) is 6.24. The van der Waals surface area contributed by atoms with E-state index in [4.69, 9.17) is 4.98 Å². The summed E-state index contributed by atoms with van der Waals surface area (Å²) >= 11 is 0. The summed E-state index contributed by atoms with van der Waals surface area (Å²) in [7, 11) is 0. The van der Waals surface area contributed by atoms with E-state index in [1.54, 1.807) is 0 Å². The van der Waals surface area contributed by atoms with Gasteiger partial charge in [-0.3, -0.25) is 4.98 Å². The van der Waals surface area contributed by atoms with E-state index in [0.717, 1.165) is 40.6 Å². The molecule has 3 aromatic carbocycles. The lowest BCUT2D eigenvalue weighted by molar-refractivity contribution is 0.00780. The minimum atomic E-state index is -2.56. The Labute approximate surface area is 206 Å². The number of aromatic nitrogens is 1. The average molecular weight is 468 g/mol. The molecule has 178 valence electrons. The molecule has 0 aliphatic heterocycles. The molecule has 4 aromatic rings. The van der Waals surface area contributed by atoms with Crippen molar-refractivity contribution in [2.45, 2.75) is 64.7 Å². The van der Waals surface area contributed by atoms with Gasteiger partial charge in [-0.05, 0) is 88.9 Å². The maximum Gasteiger partial charge on any atom is 0.248 e. The van der Waals surface area contributed by atoms with Gasteiger partial charge in [-0.2, -0.15) is 0 Å². The van der Waals surface area contributed by atoms with Gasteiger partial charge in [0.1, 0.15) is 0 Å². The second-order valence-electron chi connectivity index (χ2n) is 11.0. The number of hydrogen-bond acceptors (Lipinski definition) is 1. The van der Waals surface area contributed by atoms with Gasteiger partial charge in [0.15, 0.2) is 0 Å². The Hall–Kier alpha value is -3.07. The van der Waals surface area contributed by atoms with Crippen molar-refractivity contribution in [1.29, 1.82) is 0 Å². The normalized spacial score (nSPS) is 18.3. The van der Waals surface area contributed by atoms with Gasteiger partial charge in [0.05, 0.1) is 5.69 Å². The third-order valence-corrected chi connectivity index (χ3v) is 7.75. The summed E-state index contributed by atoms with van der Waals surface area (Å²) in [6.45, 7) is 6.56. The van der Waals surface area contributed by atoms with Gasteiger partial charge in [-0.1, -0.05) is 62.4 Å². The van der Waals surface area contributed by atoms with Gasteiger partial charge < -0.3 is 0 Å². The molecule has 2 aliphatic rings. The number of rotatable bonds is 4. The number of nitrogens with zero attached hydrogens (tertiary/aromatic N) is 1. The first-order chi connectivity index (χ1) is 16.8. The van der Waals surface area contributed by atoms with Crippen molar-refractivity contribution >= 4 is 10.8 Å². The highest BCUT2D eigenvalue weighted by molar-refractivity contribution is 5.99. The molecule has 1 saturated carbocycles. The Kier molecular flexibility index (Phi) is 5.28. The van der Waals surface area contributed by atoms with E-state index in [9.17, 15) is 8.78 Å². The number of halogens is 2. The van der Waals surface area contributed by atoms with Crippen LogP contribution in [0.25, 0.3) is 33.2 Å². The van der Waals surface area contributed by atoms with Crippen LogP contribution in [-0.4, -0.2) is 10.9 Å². The number of benzene rings is 3. The van der Waals surface area contributed by atoms with Crippen molar-refractivity contribution in [2.24, 2.45) is 5.92 Å². The number of aryl methyl sites for hydroxylation is 1. The summed E-state index contributed by atoms with van der Waals surface area (Å²) in [6.07, 6.45) is 2.23. The SMILES string of the molecule is Cc1cc2c(c(-c3nc(CC(C)C)cc4c(C5CCC(F)(F)C5)cccc34)c1)Cc1ccccc1-2. The van der Waals surface area contributed by atoms with E-state index in [2.05, 4.69) is 75.4 Å².